The Balaban J connectivity index is 2.51. The zero-order valence-electron chi connectivity index (χ0n) is 7.67. The molecule has 74 valence electrons. The normalized spacial score (nSPS) is 13.1. The Bertz CT molecular complexity index is 251. The van der Waals surface area contributed by atoms with Crippen molar-refractivity contribution in [3.05, 3.63) is 0 Å². The van der Waals surface area contributed by atoms with Crippen LogP contribution < -0.4 is 5.73 Å². The largest absolute Gasteiger partial charge is 0.382 e. The molecular weight excluding hydrogens is 174 g/mol. The number of methoxy groups -OCH3 is 2. The SMILES string of the molecule is COCC(Cn1nnnc1N)OC. The summed E-state index contributed by atoms with van der Waals surface area (Å²) in [5.74, 6) is 0.276. The second-order valence-electron chi connectivity index (χ2n) is 2.53. The number of anilines is 1. The van der Waals surface area contributed by atoms with Crippen molar-refractivity contribution in [2.45, 2.75) is 12.6 Å². The van der Waals surface area contributed by atoms with Crippen LogP contribution in [0.1, 0.15) is 0 Å². The minimum absolute atomic E-state index is 0.0872. The molecule has 2 N–H and O–H groups in total. The topological polar surface area (TPSA) is 88.1 Å². The van der Waals surface area contributed by atoms with Crippen molar-refractivity contribution in [3.8, 4) is 0 Å². The van der Waals surface area contributed by atoms with E-state index in [1.165, 1.54) is 4.68 Å². The summed E-state index contributed by atoms with van der Waals surface area (Å²) in [6.45, 7) is 0.971. The molecule has 0 aliphatic heterocycles. The first-order valence-electron chi connectivity index (χ1n) is 3.81. The number of hydrogen-bond donors (Lipinski definition) is 1. The molecule has 0 radical (unpaired) electrons. The van der Waals surface area contributed by atoms with Gasteiger partial charge in [-0.05, 0) is 10.4 Å². The summed E-state index contributed by atoms with van der Waals surface area (Å²) < 4.78 is 11.5. The van der Waals surface area contributed by atoms with Crippen molar-refractivity contribution in [3.63, 3.8) is 0 Å². The molecule has 0 aliphatic carbocycles. The quantitative estimate of drug-likeness (QED) is 0.630. The van der Waals surface area contributed by atoms with Crippen LogP contribution in [0.4, 0.5) is 5.95 Å². The molecule has 0 amide bonds. The fraction of sp³-hybridized carbons (Fsp3) is 0.833. The maximum atomic E-state index is 5.47. The van der Waals surface area contributed by atoms with Gasteiger partial charge in [-0.25, -0.2) is 4.68 Å². The maximum Gasteiger partial charge on any atom is 0.240 e. The molecule has 0 spiro atoms. The van der Waals surface area contributed by atoms with Gasteiger partial charge in [-0.3, -0.25) is 0 Å². The van der Waals surface area contributed by atoms with Crippen molar-refractivity contribution in [1.29, 1.82) is 0 Å². The van der Waals surface area contributed by atoms with Gasteiger partial charge in [0.1, 0.15) is 6.10 Å². The zero-order chi connectivity index (χ0) is 9.68. The summed E-state index contributed by atoms with van der Waals surface area (Å²) in [5.41, 5.74) is 5.47. The summed E-state index contributed by atoms with van der Waals surface area (Å²) >= 11 is 0. The minimum atomic E-state index is -0.0872. The highest BCUT2D eigenvalue weighted by atomic mass is 16.5. The predicted octanol–water partition coefficient (Wildman–Crippen LogP) is -1.08. The summed E-state index contributed by atoms with van der Waals surface area (Å²) in [6, 6.07) is 0. The van der Waals surface area contributed by atoms with E-state index in [-0.39, 0.29) is 12.1 Å². The number of hydrogen-bond acceptors (Lipinski definition) is 6. The molecule has 1 unspecified atom stereocenters. The van der Waals surface area contributed by atoms with Gasteiger partial charge in [-0.2, -0.15) is 0 Å². The van der Waals surface area contributed by atoms with E-state index < -0.39 is 0 Å². The van der Waals surface area contributed by atoms with E-state index in [1.54, 1.807) is 14.2 Å². The van der Waals surface area contributed by atoms with E-state index >= 15 is 0 Å². The molecule has 7 nitrogen and oxygen atoms in total. The van der Waals surface area contributed by atoms with E-state index in [9.17, 15) is 0 Å². The average molecular weight is 187 g/mol. The summed E-state index contributed by atoms with van der Waals surface area (Å²) in [5, 5.41) is 10.6. The molecule has 0 saturated carbocycles. The first kappa shape index (κ1) is 9.87. The number of rotatable bonds is 5. The Morgan fingerprint density at radius 1 is 1.54 bits per heavy atom. The van der Waals surface area contributed by atoms with Crippen molar-refractivity contribution in [2.24, 2.45) is 0 Å². The molecule has 1 heterocycles. The smallest absolute Gasteiger partial charge is 0.240 e. The molecule has 13 heavy (non-hydrogen) atoms. The van der Waals surface area contributed by atoms with Crippen LogP contribution in [0.25, 0.3) is 0 Å². The molecule has 1 aromatic rings. The van der Waals surface area contributed by atoms with Gasteiger partial charge in [0, 0.05) is 14.2 Å². The highest BCUT2D eigenvalue weighted by Gasteiger charge is 2.10. The maximum absolute atomic E-state index is 5.47. The lowest BCUT2D eigenvalue weighted by molar-refractivity contribution is 0.0164. The van der Waals surface area contributed by atoms with Crippen molar-refractivity contribution in [2.75, 3.05) is 26.6 Å². The van der Waals surface area contributed by atoms with Crippen LogP contribution in [0.2, 0.25) is 0 Å². The first-order valence-corrected chi connectivity index (χ1v) is 3.81. The molecule has 0 saturated heterocycles. The van der Waals surface area contributed by atoms with E-state index in [1.807, 2.05) is 0 Å². The van der Waals surface area contributed by atoms with E-state index in [0.717, 1.165) is 0 Å². The van der Waals surface area contributed by atoms with Gasteiger partial charge in [-0.15, -0.1) is 0 Å². The van der Waals surface area contributed by atoms with Gasteiger partial charge < -0.3 is 15.2 Å². The summed E-state index contributed by atoms with van der Waals surface area (Å²) in [7, 11) is 3.21. The Kier molecular flexibility index (Phi) is 3.59. The lowest BCUT2D eigenvalue weighted by atomic mass is 10.4. The fourth-order valence-corrected chi connectivity index (χ4v) is 0.916. The number of nitrogens with zero attached hydrogens (tertiary/aromatic N) is 4. The highest BCUT2D eigenvalue weighted by molar-refractivity contribution is 5.09. The number of aromatic nitrogens is 4. The number of ether oxygens (including phenoxy) is 2. The highest BCUT2D eigenvalue weighted by Crippen LogP contribution is 1.99. The zero-order valence-corrected chi connectivity index (χ0v) is 7.67. The van der Waals surface area contributed by atoms with Crippen LogP contribution in [-0.2, 0) is 16.0 Å². The molecule has 1 aromatic heterocycles. The van der Waals surface area contributed by atoms with Gasteiger partial charge in [0.2, 0.25) is 5.95 Å². The lowest BCUT2D eigenvalue weighted by Gasteiger charge is -2.13. The first-order chi connectivity index (χ1) is 6.27. The third kappa shape index (κ3) is 2.63. The van der Waals surface area contributed by atoms with E-state index in [0.29, 0.717) is 13.2 Å². The summed E-state index contributed by atoms with van der Waals surface area (Å²) in [6.07, 6.45) is -0.0872. The van der Waals surface area contributed by atoms with Gasteiger partial charge in [0.25, 0.3) is 0 Å². The van der Waals surface area contributed by atoms with Crippen molar-refractivity contribution < 1.29 is 9.47 Å². The minimum Gasteiger partial charge on any atom is -0.382 e. The second-order valence-corrected chi connectivity index (χ2v) is 2.53. The molecule has 7 heteroatoms. The van der Waals surface area contributed by atoms with Crippen LogP contribution in [0.15, 0.2) is 0 Å². The lowest BCUT2D eigenvalue weighted by Crippen LogP contribution is -2.25. The Morgan fingerprint density at radius 2 is 2.31 bits per heavy atom. The Hall–Kier alpha value is -1.21. The van der Waals surface area contributed by atoms with Crippen molar-refractivity contribution >= 4 is 5.95 Å². The summed E-state index contributed by atoms with van der Waals surface area (Å²) in [4.78, 5) is 0. The Labute approximate surface area is 75.8 Å². The molecule has 0 bridgehead atoms. The van der Waals surface area contributed by atoms with Crippen molar-refractivity contribution in [1.82, 2.24) is 20.2 Å². The van der Waals surface area contributed by atoms with Crippen LogP contribution >= 0.6 is 0 Å². The van der Waals surface area contributed by atoms with Crippen LogP contribution in [0.5, 0.6) is 0 Å². The van der Waals surface area contributed by atoms with E-state index in [2.05, 4.69) is 15.5 Å². The average Bonchev–Trinajstić information content (AvgIpc) is 2.51. The van der Waals surface area contributed by atoms with Gasteiger partial charge in [-0.1, -0.05) is 5.10 Å². The Morgan fingerprint density at radius 3 is 2.77 bits per heavy atom. The third-order valence-corrected chi connectivity index (χ3v) is 1.62. The van der Waals surface area contributed by atoms with Crippen LogP contribution in [0.3, 0.4) is 0 Å². The molecule has 1 atom stereocenters. The number of nitrogen functional groups attached to an aromatic ring is 1. The molecule has 0 aliphatic rings. The third-order valence-electron chi connectivity index (χ3n) is 1.62. The standard InChI is InChI=1S/C6H13N5O2/c1-12-4-5(13-2)3-11-6(7)8-9-10-11/h5H,3-4H2,1-2H3,(H2,7,8,10). The number of nitrogens with two attached hydrogens (primary N) is 1. The fourth-order valence-electron chi connectivity index (χ4n) is 0.916. The molecule has 0 fully saturated rings. The molecule has 1 rings (SSSR count). The molecular formula is C6H13N5O2. The van der Waals surface area contributed by atoms with Gasteiger partial charge in [0.05, 0.1) is 13.2 Å². The van der Waals surface area contributed by atoms with Gasteiger partial charge >= 0.3 is 0 Å². The van der Waals surface area contributed by atoms with Crippen LogP contribution in [0, 0.1) is 0 Å². The second kappa shape index (κ2) is 4.73. The van der Waals surface area contributed by atoms with E-state index in [4.69, 9.17) is 15.2 Å². The monoisotopic (exact) mass is 187 g/mol. The predicted molar refractivity (Wildman–Crippen MR) is 44.9 cm³/mol. The molecule has 0 aromatic carbocycles. The number of tetrazole rings is 1. The van der Waals surface area contributed by atoms with Crippen LogP contribution in [-0.4, -0.2) is 47.1 Å². The van der Waals surface area contributed by atoms with Gasteiger partial charge in [0.15, 0.2) is 0 Å².